The lowest BCUT2D eigenvalue weighted by Crippen LogP contribution is -2.46. The molecule has 0 bridgehead atoms. The summed E-state index contributed by atoms with van der Waals surface area (Å²) in [5, 5.41) is 1.65. The summed E-state index contributed by atoms with van der Waals surface area (Å²) < 4.78 is 5.50. The Balaban J connectivity index is 2.15. The number of carbonyl (C=O) groups is 1. The van der Waals surface area contributed by atoms with Crippen molar-refractivity contribution in [1.29, 1.82) is 0 Å². The van der Waals surface area contributed by atoms with Gasteiger partial charge < -0.3 is 9.64 Å². The summed E-state index contributed by atoms with van der Waals surface area (Å²) in [6.07, 6.45) is 0.0392. The number of rotatable bonds is 2. The van der Waals surface area contributed by atoms with Crippen molar-refractivity contribution in [2.45, 2.75) is 6.10 Å². The number of nitrogens with zero attached hydrogens (tertiary/aromatic N) is 1. The molecule has 0 N–H and O–H groups in total. The van der Waals surface area contributed by atoms with Crippen molar-refractivity contribution in [2.75, 3.05) is 25.0 Å². The van der Waals surface area contributed by atoms with Crippen molar-refractivity contribution < 1.29 is 9.53 Å². The SMILES string of the molecule is O=C(c1cc(Cl)cc(Cl)c1)N1CCOC(CBr)C1. The largest absolute Gasteiger partial charge is 0.374 e. The zero-order valence-electron chi connectivity index (χ0n) is 9.54. The van der Waals surface area contributed by atoms with E-state index < -0.39 is 0 Å². The topological polar surface area (TPSA) is 29.5 Å². The van der Waals surface area contributed by atoms with Gasteiger partial charge in [0, 0.05) is 34.0 Å². The highest BCUT2D eigenvalue weighted by Crippen LogP contribution is 2.21. The van der Waals surface area contributed by atoms with Crippen LogP contribution < -0.4 is 0 Å². The van der Waals surface area contributed by atoms with Gasteiger partial charge in [0.25, 0.3) is 5.91 Å². The van der Waals surface area contributed by atoms with E-state index in [0.29, 0.717) is 40.6 Å². The number of benzene rings is 1. The minimum absolute atomic E-state index is 0.0392. The molecule has 0 aliphatic carbocycles. The van der Waals surface area contributed by atoms with Crippen molar-refractivity contribution in [3.8, 4) is 0 Å². The van der Waals surface area contributed by atoms with Crippen LogP contribution >= 0.6 is 39.1 Å². The van der Waals surface area contributed by atoms with E-state index in [1.54, 1.807) is 23.1 Å². The molecule has 98 valence electrons. The predicted molar refractivity (Wildman–Crippen MR) is 75.9 cm³/mol. The molecule has 1 aliphatic heterocycles. The van der Waals surface area contributed by atoms with Gasteiger partial charge in [0.1, 0.15) is 0 Å². The van der Waals surface area contributed by atoms with Gasteiger partial charge in [0.2, 0.25) is 0 Å². The fourth-order valence-electron chi connectivity index (χ4n) is 1.86. The Morgan fingerprint density at radius 3 is 2.67 bits per heavy atom. The lowest BCUT2D eigenvalue weighted by atomic mass is 10.2. The van der Waals surface area contributed by atoms with Crippen LogP contribution in [0.3, 0.4) is 0 Å². The minimum Gasteiger partial charge on any atom is -0.374 e. The van der Waals surface area contributed by atoms with Crippen molar-refractivity contribution in [3.05, 3.63) is 33.8 Å². The molecule has 1 heterocycles. The maximum atomic E-state index is 12.3. The molecule has 3 nitrogen and oxygen atoms in total. The summed E-state index contributed by atoms with van der Waals surface area (Å²) in [5.41, 5.74) is 0.516. The maximum absolute atomic E-state index is 12.3. The maximum Gasteiger partial charge on any atom is 0.254 e. The third-order valence-corrected chi connectivity index (χ3v) is 3.87. The summed E-state index contributed by atoms with van der Waals surface area (Å²) in [4.78, 5) is 14.1. The minimum atomic E-state index is -0.0614. The Labute approximate surface area is 124 Å². The van der Waals surface area contributed by atoms with E-state index in [0.717, 1.165) is 0 Å². The highest BCUT2D eigenvalue weighted by atomic mass is 79.9. The van der Waals surface area contributed by atoms with Gasteiger partial charge in [-0.1, -0.05) is 39.1 Å². The highest BCUT2D eigenvalue weighted by molar-refractivity contribution is 9.09. The molecule has 1 fully saturated rings. The highest BCUT2D eigenvalue weighted by Gasteiger charge is 2.24. The number of ether oxygens (including phenoxy) is 1. The molecule has 1 aromatic rings. The van der Waals surface area contributed by atoms with Crippen molar-refractivity contribution in [3.63, 3.8) is 0 Å². The van der Waals surface area contributed by atoms with Crippen LogP contribution in [0.4, 0.5) is 0 Å². The van der Waals surface area contributed by atoms with Gasteiger partial charge in [-0.05, 0) is 18.2 Å². The molecule has 2 rings (SSSR count). The third kappa shape index (κ3) is 3.38. The molecule has 0 aromatic heterocycles. The lowest BCUT2D eigenvalue weighted by molar-refractivity contribution is -0.00964. The monoisotopic (exact) mass is 351 g/mol. The van der Waals surface area contributed by atoms with Gasteiger partial charge in [-0.25, -0.2) is 0 Å². The van der Waals surface area contributed by atoms with E-state index in [1.807, 2.05) is 0 Å². The number of alkyl halides is 1. The van der Waals surface area contributed by atoms with Crippen molar-refractivity contribution >= 4 is 45.0 Å². The van der Waals surface area contributed by atoms with Crippen molar-refractivity contribution in [1.82, 2.24) is 4.90 Å². The second kappa shape index (κ2) is 6.24. The quantitative estimate of drug-likeness (QED) is 0.765. The molecule has 0 radical (unpaired) electrons. The van der Waals surface area contributed by atoms with Crippen LogP contribution in [0.2, 0.25) is 10.0 Å². The molecule has 1 amide bonds. The summed E-state index contributed by atoms with van der Waals surface area (Å²) in [6.45, 7) is 1.72. The summed E-state index contributed by atoms with van der Waals surface area (Å²) >= 11 is 15.2. The summed E-state index contributed by atoms with van der Waals surface area (Å²) in [7, 11) is 0. The lowest BCUT2D eigenvalue weighted by Gasteiger charge is -2.32. The first-order valence-corrected chi connectivity index (χ1v) is 7.41. The van der Waals surface area contributed by atoms with Crippen LogP contribution in [0, 0.1) is 0 Å². The van der Waals surface area contributed by atoms with Gasteiger partial charge in [-0.2, -0.15) is 0 Å². The predicted octanol–water partition coefficient (Wildman–Crippen LogP) is 3.23. The van der Waals surface area contributed by atoms with Crippen molar-refractivity contribution in [2.24, 2.45) is 0 Å². The second-order valence-electron chi connectivity index (χ2n) is 4.06. The van der Waals surface area contributed by atoms with E-state index in [-0.39, 0.29) is 12.0 Å². The fourth-order valence-corrected chi connectivity index (χ4v) is 2.77. The Hall–Kier alpha value is -0.290. The molecular weight excluding hydrogens is 341 g/mol. The molecular formula is C12H12BrCl2NO2. The molecule has 1 unspecified atom stereocenters. The number of morpholine rings is 1. The number of hydrogen-bond acceptors (Lipinski definition) is 2. The first-order valence-electron chi connectivity index (χ1n) is 5.53. The second-order valence-corrected chi connectivity index (χ2v) is 5.58. The number of amides is 1. The summed E-state index contributed by atoms with van der Waals surface area (Å²) in [5.74, 6) is -0.0614. The Bertz CT molecular complexity index is 435. The molecule has 1 aromatic carbocycles. The summed E-state index contributed by atoms with van der Waals surface area (Å²) in [6, 6.07) is 4.88. The van der Waals surface area contributed by atoms with Crippen LogP contribution in [0.5, 0.6) is 0 Å². The van der Waals surface area contributed by atoms with Crippen LogP contribution in [-0.2, 0) is 4.74 Å². The zero-order chi connectivity index (χ0) is 13.1. The van der Waals surface area contributed by atoms with E-state index >= 15 is 0 Å². The molecule has 1 aliphatic rings. The first kappa shape index (κ1) is 14.1. The smallest absolute Gasteiger partial charge is 0.254 e. The van der Waals surface area contributed by atoms with Crippen LogP contribution in [0.1, 0.15) is 10.4 Å². The molecule has 0 spiro atoms. The molecule has 1 atom stereocenters. The van der Waals surface area contributed by atoms with E-state index in [9.17, 15) is 4.79 Å². The van der Waals surface area contributed by atoms with E-state index in [4.69, 9.17) is 27.9 Å². The van der Waals surface area contributed by atoms with Gasteiger partial charge in [-0.15, -0.1) is 0 Å². The first-order chi connectivity index (χ1) is 8.60. The Morgan fingerprint density at radius 2 is 2.06 bits per heavy atom. The van der Waals surface area contributed by atoms with E-state index in [1.165, 1.54) is 0 Å². The third-order valence-electron chi connectivity index (χ3n) is 2.71. The average molecular weight is 353 g/mol. The van der Waals surface area contributed by atoms with Crippen LogP contribution in [0.25, 0.3) is 0 Å². The normalized spacial score (nSPS) is 19.9. The molecule has 6 heteroatoms. The zero-order valence-corrected chi connectivity index (χ0v) is 12.6. The van der Waals surface area contributed by atoms with Crippen LogP contribution in [0.15, 0.2) is 18.2 Å². The Kier molecular flexibility index (Phi) is 4.90. The van der Waals surface area contributed by atoms with Gasteiger partial charge >= 0.3 is 0 Å². The van der Waals surface area contributed by atoms with Crippen LogP contribution in [-0.4, -0.2) is 41.9 Å². The standard InChI is InChI=1S/C12H12BrCl2NO2/c13-6-11-7-16(1-2-18-11)12(17)8-3-9(14)5-10(15)4-8/h3-5,11H,1-2,6-7H2. The molecule has 0 saturated carbocycles. The average Bonchev–Trinajstić information content (AvgIpc) is 2.37. The number of hydrogen-bond donors (Lipinski definition) is 0. The Morgan fingerprint density at radius 1 is 1.39 bits per heavy atom. The van der Waals surface area contributed by atoms with Gasteiger partial charge in [-0.3, -0.25) is 4.79 Å². The number of carbonyl (C=O) groups excluding carboxylic acids is 1. The van der Waals surface area contributed by atoms with E-state index in [2.05, 4.69) is 15.9 Å². The van der Waals surface area contributed by atoms with Gasteiger partial charge in [0.05, 0.1) is 12.7 Å². The molecule has 18 heavy (non-hydrogen) atoms. The van der Waals surface area contributed by atoms with Gasteiger partial charge in [0.15, 0.2) is 0 Å². The fraction of sp³-hybridized carbons (Fsp3) is 0.417. The molecule has 1 saturated heterocycles. The number of halogens is 3.